The van der Waals surface area contributed by atoms with E-state index in [0.29, 0.717) is 0 Å². The molecule has 0 saturated carbocycles. The van der Waals surface area contributed by atoms with E-state index in [4.69, 9.17) is 0 Å². The molecule has 0 aliphatic carbocycles. The molecule has 0 saturated heterocycles. The van der Waals surface area contributed by atoms with Crippen LogP contribution in [0, 0.1) is 6.07 Å². The van der Waals surface area contributed by atoms with Crippen molar-refractivity contribution in [2.24, 2.45) is 0 Å². The van der Waals surface area contributed by atoms with Crippen LogP contribution < -0.4 is 0 Å². The van der Waals surface area contributed by atoms with E-state index in [1.54, 1.807) is 0 Å². The first-order chi connectivity index (χ1) is 9.68. The van der Waals surface area contributed by atoms with Crippen LogP contribution >= 0.6 is 63.7 Å². The third-order valence-corrected chi connectivity index (χ3v) is 5.67. The van der Waals surface area contributed by atoms with E-state index in [2.05, 4.69) is 69.8 Å². The Morgan fingerprint density at radius 1 is 0.571 bits per heavy atom. The summed E-state index contributed by atoms with van der Waals surface area (Å²) in [5.41, 5.74) is -0.138. The molecule has 2 rings (SSSR count). The fourth-order valence-electron chi connectivity index (χ4n) is 1.62. The van der Waals surface area contributed by atoms with Crippen LogP contribution in [0.15, 0.2) is 17.9 Å². The first-order valence-electron chi connectivity index (χ1n) is 5.12. The summed E-state index contributed by atoms with van der Waals surface area (Å²) in [5, 5.41) is 49.6. The van der Waals surface area contributed by atoms with Crippen LogP contribution in [0.3, 0.4) is 0 Å². The van der Waals surface area contributed by atoms with E-state index in [1.807, 2.05) is 0 Å². The van der Waals surface area contributed by atoms with Crippen LogP contribution in [0.1, 0.15) is 0 Å². The van der Waals surface area contributed by atoms with Crippen molar-refractivity contribution in [2.45, 2.75) is 0 Å². The van der Waals surface area contributed by atoms with Gasteiger partial charge in [-0.15, -0.1) is 0 Å². The molecule has 2 aromatic rings. The average molecular weight is 549 g/mol. The highest BCUT2D eigenvalue weighted by atomic mass is 79.9. The highest BCUT2D eigenvalue weighted by molar-refractivity contribution is 9.11. The summed E-state index contributed by atoms with van der Waals surface area (Å²) in [6.45, 7) is 0. The molecule has 0 fully saturated rings. The average Bonchev–Trinajstić information content (AvgIpc) is 2.46. The van der Waals surface area contributed by atoms with Crippen molar-refractivity contribution in [2.75, 3.05) is 0 Å². The molecule has 0 unspecified atom stereocenters. The predicted octanol–water partition coefficient (Wildman–Crippen LogP) is 4.73. The lowest BCUT2D eigenvalue weighted by atomic mass is 10.0. The second kappa shape index (κ2) is 5.86. The summed E-state index contributed by atoms with van der Waals surface area (Å²) in [6, 6.07) is 2.52. The van der Waals surface area contributed by atoms with Crippen LogP contribution in [-0.4, -0.2) is 25.5 Å². The number of aromatic hydroxyl groups is 5. The van der Waals surface area contributed by atoms with Crippen molar-refractivity contribution in [3.05, 3.63) is 24.0 Å². The second-order valence-electron chi connectivity index (χ2n) is 3.87. The molecule has 0 heterocycles. The zero-order valence-electron chi connectivity index (χ0n) is 9.75. The lowest BCUT2D eigenvalue weighted by Gasteiger charge is -2.15. The molecule has 0 bridgehead atoms. The van der Waals surface area contributed by atoms with Gasteiger partial charge in [-0.05, 0) is 63.7 Å². The monoisotopic (exact) mass is 545 g/mol. The van der Waals surface area contributed by atoms with Gasteiger partial charge in [0.2, 0.25) is 0 Å². The molecule has 0 atom stereocenters. The Balaban J connectivity index is 2.93. The number of benzene rings is 2. The molecule has 21 heavy (non-hydrogen) atoms. The lowest BCUT2D eigenvalue weighted by molar-refractivity contribution is 0.421. The van der Waals surface area contributed by atoms with Crippen LogP contribution in [0.25, 0.3) is 11.1 Å². The Morgan fingerprint density at radius 2 is 1.00 bits per heavy atom. The SMILES string of the molecule is Oc1[c]c(-c2c(O)c(Br)c(O)c(Br)c2O)c(Br)c(O)c1Br. The molecule has 2 aromatic carbocycles. The molecule has 0 amide bonds. The minimum absolute atomic E-state index is 0.00426. The number of hydrogen-bond acceptors (Lipinski definition) is 5. The van der Waals surface area contributed by atoms with Gasteiger partial charge in [0, 0.05) is 11.6 Å². The molecule has 9 heteroatoms. The second-order valence-corrected chi connectivity index (χ2v) is 7.05. The Bertz CT molecular complexity index is 731. The van der Waals surface area contributed by atoms with Crippen LogP contribution in [0.5, 0.6) is 28.7 Å². The Labute approximate surface area is 152 Å². The van der Waals surface area contributed by atoms with Crippen LogP contribution in [0.2, 0.25) is 0 Å². The third kappa shape index (κ3) is 2.60. The van der Waals surface area contributed by atoms with Crippen LogP contribution in [0.4, 0.5) is 0 Å². The number of phenols is 5. The van der Waals surface area contributed by atoms with E-state index in [9.17, 15) is 25.5 Å². The Morgan fingerprint density at radius 3 is 1.48 bits per heavy atom. The number of hydrogen-bond donors (Lipinski definition) is 5. The minimum Gasteiger partial charge on any atom is -0.506 e. The maximum absolute atomic E-state index is 10.1. The zero-order valence-corrected chi connectivity index (χ0v) is 16.1. The van der Waals surface area contributed by atoms with Crippen molar-refractivity contribution in [1.29, 1.82) is 0 Å². The molecule has 5 nitrogen and oxygen atoms in total. The summed E-state index contributed by atoms with van der Waals surface area (Å²) in [5.74, 6) is -2.10. The first kappa shape index (κ1) is 16.7. The first-order valence-corrected chi connectivity index (χ1v) is 8.30. The van der Waals surface area contributed by atoms with Gasteiger partial charge in [0.25, 0.3) is 0 Å². The topological polar surface area (TPSA) is 101 Å². The molecule has 111 valence electrons. The van der Waals surface area contributed by atoms with Gasteiger partial charge in [-0.2, -0.15) is 0 Å². The molecule has 0 aliphatic rings. The van der Waals surface area contributed by atoms with Crippen molar-refractivity contribution in [3.8, 4) is 39.9 Å². The van der Waals surface area contributed by atoms with Gasteiger partial charge in [0.05, 0.1) is 10.0 Å². The maximum Gasteiger partial charge on any atom is 0.151 e. The van der Waals surface area contributed by atoms with Gasteiger partial charge in [-0.1, -0.05) is 0 Å². The van der Waals surface area contributed by atoms with Gasteiger partial charge in [-0.25, -0.2) is 0 Å². The van der Waals surface area contributed by atoms with E-state index in [1.165, 1.54) is 0 Å². The fourth-order valence-corrected chi connectivity index (χ4v) is 3.73. The Hall–Kier alpha value is -0.640. The van der Waals surface area contributed by atoms with E-state index < -0.39 is 23.0 Å². The van der Waals surface area contributed by atoms with Gasteiger partial charge in [-0.3, -0.25) is 0 Å². The molecule has 5 N–H and O–H groups in total. The smallest absolute Gasteiger partial charge is 0.151 e. The summed E-state index contributed by atoms with van der Waals surface area (Å²) in [6.07, 6.45) is 0. The summed E-state index contributed by atoms with van der Waals surface area (Å²) < 4.78 is -0.0370. The fraction of sp³-hybridized carbons (Fsp3) is 0. The van der Waals surface area contributed by atoms with Crippen LogP contribution in [-0.2, 0) is 0 Å². The number of rotatable bonds is 1. The van der Waals surface area contributed by atoms with Gasteiger partial charge in [0.15, 0.2) is 5.75 Å². The third-order valence-electron chi connectivity index (χ3n) is 2.64. The quantitative estimate of drug-likeness (QED) is 0.355. The summed E-state index contributed by atoms with van der Waals surface area (Å²) in [4.78, 5) is 0. The van der Waals surface area contributed by atoms with Crippen molar-refractivity contribution in [1.82, 2.24) is 0 Å². The van der Waals surface area contributed by atoms with Crippen molar-refractivity contribution in [3.63, 3.8) is 0 Å². The normalized spacial score (nSPS) is 10.9. The van der Waals surface area contributed by atoms with E-state index in [0.717, 1.165) is 0 Å². The predicted molar refractivity (Wildman–Crippen MR) is 89.8 cm³/mol. The van der Waals surface area contributed by atoms with Crippen molar-refractivity contribution >= 4 is 63.7 Å². The maximum atomic E-state index is 10.1. The minimum atomic E-state index is -0.480. The largest absolute Gasteiger partial charge is 0.506 e. The molecule has 0 spiro atoms. The lowest BCUT2D eigenvalue weighted by Crippen LogP contribution is -1.88. The zero-order chi connectivity index (χ0) is 16.1. The molecule has 0 aliphatic heterocycles. The highest BCUT2D eigenvalue weighted by Gasteiger charge is 2.26. The number of halogens is 4. The van der Waals surface area contributed by atoms with E-state index in [-0.39, 0.29) is 34.8 Å². The van der Waals surface area contributed by atoms with E-state index >= 15 is 0 Å². The molecule has 0 aromatic heterocycles. The highest BCUT2D eigenvalue weighted by Crippen LogP contribution is 2.55. The Kier molecular flexibility index (Phi) is 4.67. The molecule has 1 radical (unpaired) electrons. The van der Waals surface area contributed by atoms with Gasteiger partial charge in [0.1, 0.15) is 36.4 Å². The standard InChI is InChI=1S/C12H5Br4O5/c13-5-2(1-3(17)6(14)11(5)20)4-9(18)7(15)12(21)8(16)10(4)19/h17-21H. The molecular weight excluding hydrogens is 544 g/mol. The van der Waals surface area contributed by atoms with Gasteiger partial charge >= 0.3 is 0 Å². The number of phenolic OH excluding ortho intramolecular Hbond substituents is 5. The molecular formula is C12H5Br4O5. The summed E-state index contributed by atoms with van der Waals surface area (Å²) in [7, 11) is 0. The van der Waals surface area contributed by atoms with Crippen molar-refractivity contribution < 1.29 is 25.5 Å². The summed E-state index contributed by atoms with van der Waals surface area (Å²) >= 11 is 12.0. The van der Waals surface area contributed by atoms with Gasteiger partial charge < -0.3 is 25.5 Å².